The maximum Gasteiger partial charge on any atom is 0.257 e. The lowest BCUT2D eigenvalue weighted by Crippen LogP contribution is -2.42. The van der Waals surface area contributed by atoms with E-state index in [0.29, 0.717) is 11.5 Å². The molecule has 1 aliphatic rings. The van der Waals surface area contributed by atoms with Gasteiger partial charge in [0.15, 0.2) is 0 Å². The van der Waals surface area contributed by atoms with Crippen LogP contribution in [0.2, 0.25) is 0 Å². The Morgan fingerprint density at radius 1 is 1.19 bits per heavy atom. The molecule has 1 atom stereocenters. The molecular formula is C20H28ClFN4O. The number of hydrogen-bond donors (Lipinski definition) is 1. The Balaban J connectivity index is 0.00000261. The molecular weight excluding hydrogens is 367 g/mol. The highest BCUT2D eigenvalue weighted by atomic mass is 35.5. The molecule has 0 radical (unpaired) electrons. The lowest BCUT2D eigenvalue weighted by molar-refractivity contribution is 0.0679. The molecule has 3 rings (SSSR count). The summed E-state index contributed by atoms with van der Waals surface area (Å²) in [6, 6.07) is 6.33. The van der Waals surface area contributed by atoms with Crippen LogP contribution in [0.4, 0.5) is 4.39 Å². The van der Waals surface area contributed by atoms with Gasteiger partial charge in [-0.3, -0.25) is 4.79 Å². The number of hydrogen-bond acceptors (Lipinski definition) is 3. The number of benzene rings is 1. The minimum absolute atomic E-state index is 0. The Kier molecular flexibility index (Phi) is 7.00. The van der Waals surface area contributed by atoms with E-state index in [0.717, 1.165) is 37.3 Å². The molecule has 0 bridgehead atoms. The van der Waals surface area contributed by atoms with Crippen LogP contribution in [-0.2, 0) is 0 Å². The number of piperidine rings is 1. The number of rotatable bonds is 4. The van der Waals surface area contributed by atoms with Crippen molar-refractivity contribution < 1.29 is 9.18 Å². The molecule has 7 heteroatoms. The molecule has 5 nitrogen and oxygen atoms in total. The number of carbonyl (C=O) groups excluding carboxylic acids is 1. The number of halogens is 2. The first-order chi connectivity index (χ1) is 12.4. The third-order valence-electron chi connectivity index (χ3n) is 5.23. The molecule has 148 valence electrons. The number of carbonyl (C=O) groups is 1. The molecule has 1 aromatic heterocycles. The summed E-state index contributed by atoms with van der Waals surface area (Å²) in [6.07, 6.45) is 3.51. The predicted molar refractivity (Wildman–Crippen MR) is 107 cm³/mol. The lowest BCUT2D eigenvalue weighted by Gasteiger charge is -2.33. The molecule has 2 N–H and O–H groups in total. The van der Waals surface area contributed by atoms with Crippen LogP contribution >= 0.6 is 12.4 Å². The zero-order valence-corrected chi connectivity index (χ0v) is 16.9. The van der Waals surface area contributed by atoms with Crippen molar-refractivity contribution in [1.82, 2.24) is 14.7 Å². The molecule has 27 heavy (non-hydrogen) atoms. The monoisotopic (exact) mass is 394 g/mol. The van der Waals surface area contributed by atoms with Crippen LogP contribution in [-0.4, -0.2) is 39.7 Å². The first-order valence-corrected chi connectivity index (χ1v) is 9.27. The van der Waals surface area contributed by atoms with Crippen LogP contribution in [0, 0.1) is 11.7 Å². The van der Waals surface area contributed by atoms with E-state index in [2.05, 4.69) is 5.10 Å². The molecule has 1 unspecified atom stereocenters. The second-order valence-electron chi connectivity index (χ2n) is 7.48. The van der Waals surface area contributed by atoms with Gasteiger partial charge in [0.25, 0.3) is 5.91 Å². The molecule has 1 amide bonds. The van der Waals surface area contributed by atoms with Gasteiger partial charge in [-0.25, -0.2) is 9.07 Å². The van der Waals surface area contributed by atoms with E-state index in [9.17, 15) is 9.18 Å². The van der Waals surface area contributed by atoms with Gasteiger partial charge in [0, 0.05) is 19.1 Å². The van der Waals surface area contributed by atoms with Crippen molar-refractivity contribution >= 4 is 18.3 Å². The predicted octanol–water partition coefficient (Wildman–Crippen LogP) is 3.76. The van der Waals surface area contributed by atoms with Crippen LogP contribution in [0.3, 0.4) is 0 Å². The van der Waals surface area contributed by atoms with E-state index < -0.39 is 0 Å². The number of aromatic nitrogens is 2. The second-order valence-corrected chi connectivity index (χ2v) is 7.48. The fourth-order valence-electron chi connectivity index (χ4n) is 3.66. The lowest BCUT2D eigenvalue weighted by atomic mass is 9.90. The first kappa shape index (κ1) is 21.4. The SMILES string of the molecule is CC(C)c1c(C(=O)N2CCC(C(C)N)CC2)cnn1-c1ccc(F)cc1.Cl. The highest BCUT2D eigenvalue weighted by Crippen LogP contribution is 2.26. The van der Waals surface area contributed by atoms with Crippen LogP contribution in [0.25, 0.3) is 5.69 Å². The second kappa shape index (κ2) is 8.85. The quantitative estimate of drug-likeness (QED) is 0.858. The third kappa shape index (κ3) is 4.50. The summed E-state index contributed by atoms with van der Waals surface area (Å²) >= 11 is 0. The number of nitrogens with zero attached hydrogens (tertiary/aromatic N) is 3. The van der Waals surface area contributed by atoms with Gasteiger partial charge in [-0.05, 0) is 55.9 Å². The van der Waals surface area contributed by atoms with Crippen LogP contribution < -0.4 is 5.73 Å². The summed E-state index contributed by atoms with van der Waals surface area (Å²) in [5.74, 6) is 0.319. The van der Waals surface area contributed by atoms with Gasteiger partial charge in [-0.15, -0.1) is 12.4 Å². The minimum Gasteiger partial charge on any atom is -0.339 e. The number of nitrogens with two attached hydrogens (primary N) is 1. The molecule has 2 heterocycles. The van der Waals surface area contributed by atoms with Gasteiger partial charge in [0.1, 0.15) is 5.82 Å². The normalized spacial score (nSPS) is 16.3. The molecule has 0 aliphatic carbocycles. The van der Waals surface area contributed by atoms with Gasteiger partial charge >= 0.3 is 0 Å². The summed E-state index contributed by atoms with van der Waals surface area (Å²) in [7, 11) is 0. The average molecular weight is 395 g/mol. The van der Waals surface area contributed by atoms with Gasteiger partial charge < -0.3 is 10.6 Å². The summed E-state index contributed by atoms with van der Waals surface area (Å²) in [4.78, 5) is 15.0. The molecule has 1 fully saturated rings. The zero-order chi connectivity index (χ0) is 18.8. The molecule has 2 aromatic rings. The maximum absolute atomic E-state index is 13.2. The Labute approximate surface area is 166 Å². The number of amides is 1. The van der Waals surface area contributed by atoms with Crippen LogP contribution in [0.15, 0.2) is 30.5 Å². The molecule has 0 spiro atoms. The average Bonchev–Trinajstić information content (AvgIpc) is 3.07. The van der Waals surface area contributed by atoms with Crippen molar-refractivity contribution in [3.05, 3.63) is 47.5 Å². The van der Waals surface area contributed by atoms with Crippen molar-refractivity contribution in [2.75, 3.05) is 13.1 Å². The topological polar surface area (TPSA) is 64.2 Å². The smallest absolute Gasteiger partial charge is 0.257 e. The molecule has 1 aromatic carbocycles. The Morgan fingerprint density at radius 3 is 2.30 bits per heavy atom. The fraction of sp³-hybridized carbons (Fsp3) is 0.500. The minimum atomic E-state index is -0.291. The van der Waals surface area contributed by atoms with Crippen molar-refractivity contribution in [2.45, 2.75) is 45.6 Å². The van der Waals surface area contributed by atoms with Gasteiger partial charge in [0.2, 0.25) is 0 Å². The van der Waals surface area contributed by atoms with Gasteiger partial charge in [-0.2, -0.15) is 5.10 Å². The zero-order valence-electron chi connectivity index (χ0n) is 16.1. The van der Waals surface area contributed by atoms with Gasteiger partial charge in [-0.1, -0.05) is 13.8 Å². The van der Waals surface area contributed by atoms with Crippen molar-refractivity contribution in [3.63, 3.8) is 0 Å². The van der Waals surface area contributed by atoms with E-state index in [1.165, 1.54) is 12.1 Å². The molecule has 1 aliphatic heterocycles. The third-order valence-corrected chi connectivity index (χ3v) is 5.23. The molecule has 0 saturated carbocycles. The van der Waals surface area contributed by atoms with E-state index in [-0.39, 0.29) is 36.1 Å². The van der Waals surface area contributed by atoms with Crippen molar-refractivity contribution in [1.29, 1.82) is 0 Å². The highest BCUT2D eigenvalue weighted by Gasteiger charge is 2.29. The Hall–Kier alpha value is -1.92. The summed E-state index contributed by atoms with van der Waals surface area (Å²) < 4.78 is 15.0. The fourth-order valence-corrected chi connectivity index (χ4v) is 3.66. The molecule has 1 saturated heterocycles. The van der Waals surface area contributed by atoms with E-state index in [1.54, 1.807) is 23.0 Å². The highest BCUT2D eigenvalue weighted by molar-refractivity contribution is 5.95. The standard InChI is InChI=1S/C20H27FN4O.ClH/c1-13(2)19-18(12-23-25(19)17-6-4-16(21)5-7-17)20(26)24-10-8-15(9-11-24)14(3)22;/h4-7,12-15H,8-11,22H2,1-3H3;1H. The summed E-state index contributed by atoms with van der Waals surface area (Å²) in [5, 5.41) is 4.42. The van der Waals surface area contributed by atoms with E-state index in [4.69, 9.17) is 5.73 Å². The Bertz CT molecular complexity index is 765. The largest absolute Gasteiger partial charge is 0.339 e. The van der Waals surface area contributed by atoms with Crippen molar-refractivity contribution in [2.24, 2.45) is 11.7 Å². The van der Waals surface area contributed by atoms with E-state index in [1.807, 2.05) is 25.7 Å². The van der Waals surface area contributed by atoms with Crippen LogP contribution in [0.1, 0.15) is 55.6 Å². The van der Waals surface area contributed by atoms with E-state index >= 15 is 0 Å². The number of likely N-dealkylation sites (tertiary alicyclic amines) is 1. The Morgan fingerprint density at radius 2 is 1.78 bits per heavy atom. The summed E-state index contributed by atoms with van der Waals surface area (Å²) in [6.45, 7) is 7.56. The van der Waals surface area contributed by atoms with Crippen molar-refractivity contribution in [3.8, 4) is 5.69 Å². The van der Waals surface area contributed by atoms with Gasteiger partial charge in [0.05, 0.1) is 23.1 Å². The maximum atomic E-state index is 13.2. The summed E-state index contributed by atoms with van der Waals surface area (Å²) in [5.41, 5.74) is 8.24. The van der Waals surface area contributed by atoms with Crippen LogP contribution in [0.5, 0.6) is 0 Å². The first-order valence-electron chi connectivity index (χ1n) is 9.27.